The molecule has 1 atom stereocenters. The average Bonchev–Trinajstić information content (AvgIpc) is 3.75. The number of ether oxygens (including phenoxy) is 1. The highest BCUT2D eigenvalue weighted by atomic mass is 16.5. The second kappa shape index (κ2) is 10.6. The smallest absolute Gasteiger partial charge is 0.409 e. The van der Waals surface area contributed by atoms with E-state index in [0.717, 1.165) is 66.6 Å². The zero-order valence-electron chi connectivity index (χ0n) is 20.7. The molecule has 0 radical (unpaired) electrons. The van der Waals surface area contributed by atoms with Crippen LogP contribution in [0.15, 0.2) is 53.5 Å². The van der Waals surface area contributed by atoms with Crippen molar-refractivity contribution in [3.05, 3.63) is 65.2 Å². The van der Waals surface area contributed by atoms with Crippen LogP contribution in [0.1, 0.15) is 61.6 Å². The monoisotopic (exact) mass is 487 g/mol. The van der Waals surface area contributed by atoms with Gasteiger partial charge in [-0.2, -0.15) is 0 Å². The zero-order valence-corrected chi connectivity index (χ0v) is 20.7. The summed E-state index contributed by atoms with van der Waals surface area (Å²) in [6, 6.07) is 15.3. The van der Waals surface area contributed by atoms with E-state index in [9.17, 15) is 14.4 Å². The number of fused-ring (bicyclic) bond motifs is 1. The van der Waals surface area contributed by atoms with E-state index in [4.69, 9.17) is 9.73 Å². The van der Waals surface area contributed by atoms with Crippen LogP contribution in [-0.2, 0) is 20.9 Å². The van der Waals surface area contributed by atoms with E-state index >= 15 is 0 Å². The van der Waals surface area contributed by atoms with Gasteiger partial charge in [-0.25, -0.2) is 4.79 Å². The molecule has 2 aromatic rings. The number of amides is 2. The highest BCUT2D eigenvalue weighted by molar-refractivity contribution is 6.16. The van der Waals surface area contributed by atoms with Crippen LogP contribution >= 0.6 is 0 Å². The van der Waals surface area contributed by atoms with Crippen LogP contribution in [-0.4, -0.2) is 36.2 Å². The number of alkyl carbamates (subject to hydrolysis) is 1. The highest BCUT2D eigenvalue weighted by Gasteiger charge is 2.39. The summed E-state index contributed by atoms with van der Waals surface area (Å²) in [5.41, 5.74) is 4.24. The van der Waals surface area contributed by atoms with Gasteiger partial charge in [-0.15, -0.1) is 0 Å². The lowest BCUT2D eigenvalue weighted by atomic mass is 9.82. The quantitative estimate of drug-likeness (QED) is 0.599. The van der Waals surface area contributed by atoms with Gasteiger partial charge >= 0.3 is 6.09 Å². The van der Waals surface area contributed by atoms with Crippen LogP contribution in [0.2, 0.25) is 0 Å². The Labute approximate surface area is 211 Å². The van der Waals surface area contributed by atoms with E-state index in [0.29, 0.717) is 0 Å². The van der Waals surface area contributed by atoms with Crippen molar-refractivity contribution in [2.75, 3.05) is 11.4 Å². The van der Waals surface area contributed by atoms with Crippen LogP contribution in [0.3, 0.4) is 0 Å². The number of anilines is 1. The number of hydrogen-bond donors (Lipinski definition) is 1. The summed E-state index contributed by atoms with van der Waals surface area (Å²) in [4.78, 5) is 46.0. The molecule has 2 saturated carbocycles. The molecule has 1 unspecified atom stereocenters. The van der Waals surface area contributed by atoms with Gasteiger partial charge in [0.1, 0.15) is 6.61 Å². The lowest BCUT2D eigenvalue weighted by Crippen LogP contribution is -2.49. The second-order valence-electron chi connectivity index (χ2n) is 10.1. The Bertz CT molecular complexity index is 1170. The molecule has 36 heavy (non-hydrogen) atoms. The SMILES string of the molecule is Cc1cccc2c1N(CC(=O)C1CC1)C(=O)C(NC(=O)OCc1ccccc1)N=C2C1CCCCC1. The molecule has 7 heteroatoms. The maximum Gasteiger partial charge on any atom is 0.409 e. The Balaban J connectivity index is 1.47. The summed E-state index contributed by atoms with van der Waals surface area (Å²) in [6.07, 6.45) is 5.29. The third-order valence-electron chi connectivity index (χ3n) is 7.36. The van der Waals surface area contributed by atoms with Crippen molar-refractivity contribution in [3.63, 3.8) is 0 Å². The third-order valence-corrected chi connectivity index (χ3v) is 7.36. The fourth-order valence-corrected chi connectivity index (χ4v) is 5.26. The first kappa shape index (κ1) is 24.2. The maximum atomic E-state index is 13.9. The van der Waals surface area contributed by atoms with Crippen molar-refractivity contribution < 1.29 is 19.1 Å². The van der Waals surface area contributed by atoms with Crippen molar-refractivity contribution in [2.24, 2.45) is 16.8 Å². The maximum absolute atomic E-state index is 13.9. The van der Waals surface area contributed by atoms with Gasteiger partial charge in [-0.05, 0) is 43.7 Å². The number of Topliss-reactive ketones (excluding diaryl/α,β-unsaturated/α-hetero) is 1. The standard InChI is InChI=1S/C29H33N3O4/c1-19-9-8-14-23-25(22-12-6-3-7-13-22)30-27(31-29(35)36-18-20-10-4-2-5-11-20)28(34)32(26(19)23)17-24(33)21-15-16-21/h2,4-5,8-11,14,21-22,27H,3,6-7,12-13,15-18H2,1H3,(H,31,35). The van der Waals surface area contributed by atoms with E-state index in [1.54, 1.807) is 4.90 Å². The summed E-state index contributed by atoms with van der Waals surface area (Å²) < 4.78 is 5.41. The summed E-state index contributed by atoms with van der Waals surface area (Å²) >= 11 is 0. The van der Waals surface area contributed by atoms with Crippen LogP contribution in [0.5, 0.6) is 0 Å². The van der Waals surface area contributed by atoms with Crippen molar-refractivity contribution >= 4 is 29.2 Å². The first-order valence-electron chi connectivity index (χ1n) is 13.0. The highest BCUT2D eigenvalue weighted by Crippen LogP contribution is 2.37. The second-order valence-corrected chi connectivity index (χ2v) is 10.1. The van der Waals surface area contributed by atoms with Crippen LogP contribution in [0.25, 0.3) is 0 Å². The van der Waals surface area contributed by atoms with Gasteiger partial charge in [0.2, 0.25) is 6.17 Å². The third kappa shape index (κ3) is 5.35. The lowest BCUT2D eigenvalue weighted by molar-refractivity contribution is -0.124. The molecule has 0 bridgehead atoms. The van der Waals surface area contributed by atoms with Gasteiger partial charge in [0, 0.05) is 17.4 Å². The molecule has 1 heterocycles. The first-order valence-corrected chi connectivity index (χ1v) is 13.0. The number of aliphatic imine (C=N–C) groups is 1. The normalized spacial score (nSPS) is 20.2. The van der Waals surface area contributed by atoms with Gasteiger partial charge < -0.3 is 9.64 Å². The number of benzene rings is 2. The molecule has 0 saturated heterocycles. The Morgan fingerprint density at radius 1 is 1.00 bits per heavy atom. The summed E-state index contributed by atoms with van der Waals surface area (Å²) in [5, 5.41) is 2.70. The summed E-state index contributed by atoms with van der Waals surface area (Å²) in [5.74, 6) is -0.114. The van der Waals surface area contributed by atoms with Gasteiger partial charge in [0.05, 0.1) is 17.9 Å². The number of hydrogen-bond acceptors (Lipinski definition) is 5. The first-order chi connectivity index (χ1) is 17.5. The average molecular weight is 488 g/mol. The molecule has 2 fully saturated rings. The number of aryl methyl sites for hydroxylation is 1. The van der Waals surface area contributed by atoms with Gasteiger partial charge in [-0.3, -0.25) is 19.9 Å². The number of carbonyl (C=O) groups is 3. The molecule has 2 amide bonds. The Kier molecular flexibility index (Phi) is 7.16. The molecular formula is C29H33N3O4. The predicted octanol–water partition coefficient (Wildman–Crippen LogP) is 4.94. The molecule has 5 rings (SSSR count). The van der Waals surface area contributed by atoms with Gasteiger partial charge in [0.25, 0.3) is 5.91 Å². The van der Waals surface area contributed by atoms with Crippen LogP contribution in [0.4, 0.5) is 10.5 Å². The van der Waals surface area contributed by atoms with Crippen molar-refractivity contribution in [3.8, 4) is 0 Å². The zero-order chi connectivity index (χ0) is 25.1. The number of rotatable bonds is 7. The minimum Gasteiger partial charge on any atom is -0.445 e. The molecule has 2 aliphatic carbocycles. The molecule has 0 aromatic heterocycles. The van der Waals surface area contributed by atoms with Crippen molar-refractivity contribution in [1.82, 2.24) is 5.32 Å². The topological polar surface area (TPSA) is 88.1 Å². The fraction of sp³-hybridized carbons (Fsp3) is 0.448. The molecule has 188 valence electrons. The van der Waals surface area contributed by atoms with Crippen LogP contribution in [0, 0.1) is 18.8 Å². The van der Waals surface area contributed by atoms with Crippen LogP contribution < -0.4 is 10.2 Å². The van der Waals surface area contributed by atoms with Gasteiger partial charge in [-0.1, -0.05) is 67.8 Å². The number of ketones is 1. The van der Waals surface area contributed by atoms with E-state index < -0.39 is 18.2 Å². The lowest BCUT2D eigenvalue weighted by Gasteiger charge is -2.27. The fourth-order valence-electron chi connectivity index (χ4n) is 5.26. The van der Waals surface area contributed by atoms with Crippen molar-refractivity contribution in [2.45, 2.75) is 64.6 Å². The minimum atomic E-state index is -1.15. The Morgan fingerprint density at radius 2 is 1.75 bits per heavy atom. The van der Waals surface area contributed by atoms with E-state index in [2.05, 4.69) is 5.32 Å². The number of benzodiazepines with no additional fused rings is 1. The van der Waals surface area contributed by atoms with E-state index in [1.165, 1.54) is 6.42 Å². The number of nitrogens with zero attached hydrogens (tertiary/aromatic N) is 2. The molecule has 7 nitrogen and oxygen atoms in total. The summed E-state index contributed by atoms with van der Waals surface area (Å²) in [7, 11) is 0. The molecule has 2 aromatic carbocycles. The molecule has 1 aliphatic heterocycles. The van der Waals surface area contributed by atoms with Crippen molar-refractivity contribution in [1.29, 1.82) is 0 Å². The molecule has 0 spiro atoms. The number of carbonyl (C=O) groups excluding carboxylic acids is 3. The number of para-hydroxylation sites is 1. The minimum absolute atomic E-state index is 0.00787. The Morgan fingerprint density at radius 3 is 2.47 bits per heavy atom. The predicted molar refractivity (Wildman–Crippen MR) is 138 cm³/mol. The van der Waals surface area contributed by atoms with E-state index in [-0.39, 0.29) is 30.8 Å². The Hall–Kier alpha value is -3.48. The largest absolute Gasteiger partial charge is 0.445 e. The van der Waals surface area contributed by atoms with E-state index in [1.807, 2.05) is 55.5 Å². The molecule has 1 N–H and O–H groups in total. The van der Waals surface area contributed by atoms with Gasteiger partial charge in [0.15, 0.2) is 5.78 Å². The number of nitrogens with one attached hydrogen (secondary N) is 1. The summed E-state index contributed by atoms with van der Waals surface area (Å²) in [6.45, 7) is 2.04. The molecular weight excluding hydrogens is 454 g/mol. The molecule has 3 aliphatic rings.